The van der Waals surface area contributed by atoms with Gasteiger partial charge >= 0.3 is 0 Å². The molecule has 0 fully saturated rings. The van der Waals surface area contributed by atoms with Crippen LogP contribution in [0.4, 0.5) is 5.69 Å². The lowest BCUT2D eigenvalue weighted by Crippen LogP contribution is -2.21. The summed E-state index contributed by atoms with van der Waals surface area (Å²) >= 11 is 0. The van der Waals surface area contributed by atoms with Crippen molar-refractivity contribution in [1.82, 2.24) is 0 Å². The van der Waals surface area contributed by atoms with E-state index in [9.17, 15) is 8.42 Å². The van der Waals surface area contributed by atoms with Crippen molar-refractivity contribution in [3.63, 3.8) is 0 Å². The van der Waals surface area contributed by atoms with Crippen molar-refractivity contribution >= 4 is 15.9 Å². The van der Waals surface area contributed by atoms with Crippen LogP contribution in [0.5, 0.6) is 0 Å². The maximum absolute atomic E-state index is 10.8. The Morgan fingerprint density at radius 1 is 1.40 bits per heavy atom. The third kappa shape index (κ3) is 4.78. The van der Waals surface area contributed by atoms with E-state index in [-0.39, 0.29) is 6.61 Å². The van der Waals surface area contributed by atoms with Gasteiger partial charge in [-0.3, -0.25) is 4.72 Å². The molecule has 0 aliphatic rings. The fourth-order valence-corrected chi connectivity index (χ4v) is 1.69. The average Bonchev–Trinajstić information content (AvgIpc) is 2.12. The van der Waals surface area contributed by atoms with E-state index < -0.39 is 10.2 Å². The van der Waals surface area contributed by atoms with E-state index in [2.05, 4.69) is 4.72 Å². The van der Waals surface area contributed by atoms with Gasteiger partial charge in [-0.2, -0.15) is 8.42 Å². The Morgan fingerprint density at radius 3 is 2.73 bits per heavy atom. The Morgan fingerprint density at radius 2 is 2.13 bits per heavy atom. The molecule has 0 aliphatic carbocycles. The molecule has 0 unspecified atom stereocenters. The normalized spacial score (nSPS) is 11.3. The van der Waals surface area contributed by atoms with Crippen LogP contribution >= 0.6 is 0 Å². The molecule has 0 amide bonds. The van der Waals surface area contributed by atoms with E-state index in [1.807, 2.05) is 6.07 Å². The Bertz CT molecular complexity index is 417. The van der Waals surface area contributed by atoms with Crippen LogP contribution in [-0.4, -0.2) is 20.1 Å². The van der Waals surface area contributed by atoms with Crippen LogP contribution < -0.4 is 9.86 Å². The van der Waals surface area contributed by atoms with Crippen LogP contribution in [0.1, 0.15) is 12.0 Å². The smallest absolute Gasteiger partial charge is 0.296 e. The molecule has 0 saturated carbocycles. The van der Waals surface area contributed by atoms with Crippen molar-refractivity contribution in [2.75, 3.05) is 11.3 Å². The summed E-state index contributed by atoms with van der Waals surface area (Å²) in [4.78, 5) is 0. The van der Waals surface area contributed by atoms with Crippen molar-refractivity contribution in [3.8, 4) is 0 Å². The molecule has 1 aromatic carbocycles. The maximum atomic E-state index is 10.8. The molecule has 0 radical (unpaired) electrons. The monoisotopic (exact) mass is 230 g/mol. The largest absolute Gasteiger partial charge is 0.396 e. The van der Waals surface area contributed by atoms with Gasteiger partial charge in [0.05, 0.1) is 0 Å². The summed E-state index contributed by atoms with van der Waals surface area (Å²) in [5, 5.41) is 13.5. The summed E-state index contributed by atoms with van der Waals surface area (Å²) in [5.41, 5.74) is 1.39. The number of aryl methyl sites for hydroxylation is 1. The minimum absolute atomic E-state index is 0.118. The zero-order chi connectivity index (χ0) is 11.3. The van der Waals surface area contributed by atoms with E-state index in [0.717, 1.165) is 5.56 Å². The molecule has 0 aliphatic heterocycles. The van der Waals surface area contributed by atoms with Crippen molar-refractivity contribution in [3.05, 3.63) is 29.8 Å². The summed E-state index contributed by atoms with van der Waals surface area (Å²) in [7, 11) is -3.71. The van der Waals surface area contributed by atoms with Gasteiger partial charge in [0.1, 0.15) is 0 Å². The Kier molecular flexibility index (Phi) is 4.07. The highest BCUT2D eigenvalue weighted by atomic mass is 32.2. The van der Waals surface area contributed by atoms with E-state index in [1.165, 1.54) is 0 Å². The number of benzene rings is 1. The third-order valence-electron chi connectivity index (χ3n) is 1.81. The Hall–Kier alpha value is -1.11. The van der Waals surface area contributed by atoms with Crippen LogP contribution in [0, 0.1) is 0 Å². The van der Waals surface area contributed by atoms with Gasteiger partial charge in [-0.1, -0.05) is 12.1 Å². The fraction of sp³-hybridized carbons (Fsp3) is 0.333. The summed E-state index contributed by atoms with van der Waals surface area (Å²) in [6.45, 7) is 0.118. The van der Waals surface area contributed by atoms with Crippen molar-refractivity contribution < 1.29 is 13.5 Å². The van der Waals surface area contributed by atoms with Gasteiger partial charge in [-0.15, -0.1) is 0 Å². The Balaban J connectivity index is 2.74. The number of hydrogen-bond donors (Lipinski definition) is 3. The third-order valence-corrected chi connectivity index (χ3v) is 2.33. The van der Waals surface area contributed by atoms with E-state index >= 15 is 0 Å². The Labute approximate surface area is 89.1 Å². The fourth-order valence-electron chi connectivity index (χ4n) is 1.24. The SMILES string of the molecule is NS(=O)(=O)Nc1cccc(CCCO)c1. The van der Waals surface area contributed by atoms with Crippen molar-refractivity contribution in [1.29, 1.82) is 0 Å². The second-order valence-electron chi connectivity index (χ2n) is 3.17. The summed E-state index contributed by atoms with van der Waals surface area (Å²) in [5.74, 6) is 0. The number of aliphatic hydroxyl groups is 1. The van der Waals surface area contributed by atoms with E-state index in [1.54, 1.807) is 18.2 Å². The lowest BCUT2D eigenvalue weighted by Gasteiger charge is -2.05. The summed E-state index contributed by atoms with van der Waals surface area (Å²) in [6.07, 6.45) is 1.36. The highest BCUT2D eigenvalue weighted by Crippen LogP contribution is 2.12. The number of nitrogens with two attached hydrogens (primary N) is 1. The van der Waals surface area contributed by atoms with Gasteiger partial charge in [0, 0.05) is 12.3 Å². The predicted octanol–water partition coefficient (Wildman–Crippen LogP) is 0.227. The van der Waals surface area contributed by atoms with Gasteiger partial charge in [-0.25, -0.2) is 5.14 Å². The maximum Gasteiger partial charge on any atom is 0.296 e. The molecule has 84 valence electrons. The summed E-state index contributed by atoms with van der Waals surface area (Å²) < 4.78 is 23.7. The quantitative estimate of drug-likeness (QED) is 0.676. The molecule has 4 N–H and O–H groups in total. The van der Waals surface area contributed by atoms with Gasteiger partial charge in [-0.05, 0) is 30.5 Å². The predicted molar refractivity (Wildman–Crippen MR) is 58.6 cm³/mol. The molecule has 0 saturated heterocycles. The molecule has 1 rings (SSSR count). The van der Waals surface area contributed by atoms with Crippen LogP contribution in [0.15, 0.2) is 24.3 Å². The van der Waals surface area contributed by atoms with Crippen LogP contribution in [0.2, 0.25) is 0 Å². The minimum Gasteiger partial charge on any atom is -0.396 e. The molecule has 0 atom stereocenters. The van der Waals surface area contributed by atoms with Gasteiger partial charge in [0.2, 0.25) is 0 Å². The van der Waals surface area contributed by atoms with E-state index in [4.69, 9.17) is 10.2 Å². The second kappa shape index (κ2) is 5.11. The van der Waals surface area contributed by atoms with Crippen molar-refractivity contribution in [2.45, 2.75) is 12.8 Å². The van der Waals surface area contributed by atoms with Gasteiger partial charge in [0.15, 0.2) is 0 Å². The minimum atomic E-state index is -3.71. The van der Waals surface area contributed by atoms with Crippen molar-refractivity contribution in [2.24, 2.45) is 5.14 Å². The molecule has 0 bridgehead atoms. The first-order chi connectivity index (χ1) is 7.01. The first-order valence-electron chi connectivity index (χ1n) is 4.51. The average molecular weight is 230 g/mol. The lowest BCUT2D eigenvalue weighted by atomic mass is 10.1. The van der Waals surface area contributed by atoms with Crippen LogP contribution in [-0.2, 0) is 16.6 Å². The first kappa shape index (κ1) is 12.0. The first-order valence-corrected chi connectivity index (χ1v) is 6.06. The van der Waals surface area contributed by atoms with Gasteiger partial charge < -0.3 is 5.11 Å². The van der Waals surface area contributed by atoms with Crippen LogP contribution in [0.25, 0.3) is 0 Å². The molecule has 0 heterocycles. The number of nitrogens with one attached hydrogen (secondary N) is 1. The number of rotatable bonds is 5. The lowest BCUT2D eigenvalue weighted by molar-refractivity contribution is 0.288. The highest BCUT2D eigenvalue weighted by Gasteiger charge is 2.02. The molecular weight excluding hydrogens is 216 g/mol. The molecule has 1 aromatic rings. The molecule has 15 heavy (non-hydrogen) atoms. The zero-order valence-electron chi connectivity index (χ0n) is 8.18. The standard InChI is InChI=1S/C9H14N2O3S/c10-15(13,14)11-9-5-1-3-8(7-9)4-2-6-12/h1,3,5,7,11-12H,2,4,6H2,(H2,10,13,14). The molecule has 5 nitrogen and oxygen atoms in total. The molecule has 0 spiro atoms. The van der Waals surface area contributed by atoms with E-state index in [0.29, 0.717) is 18.5 Å². The molecular formula is C9H14N2O3S. The topological polar surface area (TPSA) is 92.4 Å². The highest BCUT2D eigenvalue weighted by molar-refractivity contribution is 7.90. The van der Waals surface area contributed by atoms with Crippen LogP contribution in [0.3, 0.4) is 0 Å². The number of aliphatic hydroxyl groups excluding tert-OH is 1. The van der Waals surface area contributed by atoms with Gasteiger partial charge in [0.25, 0.3) is 10.2 Å². The summed E-state index contributed by atoms with van der Waals surface area (Å²) in [6, 6.07) is 6.91. The molecule has 6 heteroatoms. The number of hydrogen-bond acceptors (Lipinski definition) is 3. The molecule has 0 aromatic heterocycles. The second-order valence-corrected chi connectivity index (χ2v) is 4.47. The zero-order valence-corrected chi connectivity index (χ0v) is 9.00. The number of anilines is 1.